The Morgan fingerprint density at radius 3 is 2.09 bits per heavy atom. The lowest BCUT2D eigenvalue weighted by Gasteiger charge is -2.10. The summed E-state index contributed by atoms with van der Waals surface area (Å²) in [6, 6.07) is 4.53. The van der Waals surface area contributed by atoms with Crippen molar-refractivity contribution in [2.45, 2.75) is 31.6 Å². The molecule has 0 unspecified atom stereocenters. The maximum absolute atomic E-state index is 11.4. The fourth-order valence-electron chi connectivity index (χ4n) is 1.82. The van der Waals surface area contributed by atoms with Crippen LogP contribution in [0.5, 0.6) is 0 Å². The minimum Gasteiger partial charge on any atom is -0.466 e. The minimum absolute atomic E-state index is 0.0185. The maximum Gasteiger partial charge on any atom is 0.302 e. The molecule has 0 aliphatic heterocycles. The highest BCUT2D eigenvalue weighted by atomic mass is 32.2. The zero-order valence-corrected chi connectivity index (χ0v) is 13.2. The Labute approximate surface area is 129 Å². The maximum atomic E-state index is 11.4. The molecular weight excluding hydrogens is 312 g/mol. The van der Waals surface area contributed by atoms with Gasteiger partial charge >= 0.3 is 11.9 Å². The molecule has 0 spiro atoms. The molecule has 0 amide bonds. The number of hydrogen-bond acceptors (Lipinski definition) is 6. The topological polar surface area (TPSA) is 107 Å². The molecule has 0 saturated heterocycles. The second kappa shape index (κ2) is 7.90. The van der Waals surface area contributed by atoms with E-state index in [1.165, 1.54) is 26.0 Å². The van der Waals surface area contributed by atoms with Gasteiger partial charge in [-0.15, -0.1) is 0 Å². The standard InChI is InChI=1S/C14H18O7S/c1-10(15)20-7-5-12-3-4-13(6-8-21-11(2)16)14(9-12)22(17,18)19/h3-4,9H,5-8H2,1-2H3,(H,17,18,19). The molecule has 8 heteroatoms. The van der Waals surface area contributed by atoms with E-state index in [-0.39, 0.29) is 24.5 Å². The summed E-state index contributed by atoms with van der Waals surface area (Å²) in [5.41, 5.74) is 0.949. The smallest absolute Gasteiger partial charge is 0.302 e. The summed E-state index contributed by atoms with van der Waals surface area (Å²) in [5.74, 6) is -0.889. The molecule has 1 aromatic carbocycles. The lowest BCUT2D eigenvalue weighted by atomic mass is 10.1. The molecule has 7 nitrogen and oxygen atoms in total. The molecule has 0 atom stereocenters. The van der Waals surface area contributed by atoms with Crippen LogP contribution >= 0.6 is 0 Å². The summed E-state index contributed by atoms with van der Waals surface area (Å²) in [5, 5.41) is 0. The van der Waals surface area contributed by atoms with Gasteiger partial charge in [0.1, 0.15) is 0 Å². The molecule has 0 aromatic heterocycles. The third-order valence-corrected chi connectivity index (χ3v) is 3.72. The number of carbonyl (C=O) groups excluding carboxylic acids is 2. The van der Waals surface area contributed by atoms with Crippen molar-refractivity contribution in [3.05, 3.63) is 29.3 Å². The van der Waals surface area contributed by atoms with Crippen LogP contribution in [0.4, 0.5) is 0 Å². The van der Waals surface area contributed by atoms with Crippen molar-refractivity contribution in [2.75, 3.05) is 13.2 Å². The number of ether oxygens (including phenoxy) is 2. The molecular formula is C14H18O7S. The van der Waals surface area contributed by atoms with Crippen LogP contribution in [-0.2, 0) is 42.0 Å². The number of hydrogen-bond donors (Lipinski definition) is 1. The molecule has 1 aromatic rings. The Balaban J connectivity index is 2.89. The van der Waals surface area contributed by atoms with Gasteiger partial charge in [0.15, 0.2) is 0 Å². The Morgan fingerprint density at radius 2 is 1.59 bits per heavy atom. The van der Waals surface area contributed by atoms with Crippen LogP contribution in [0.15, 0.2) is 23.1 Å². The van der Waals surface area contributed by atoms with Gasteiger partial charge < -0.3 is 9.47 Å². The fraction of sp³-hybridized carbons (Fsp3) is 0.429. The van der Waals surface area contributed by atoms with Gasteiger partial charge in [0.2, 0.25) is 0 Å². The predicted octanol–water partition coefficient (Wildman–Crippen LogP) is 1.14. The summed E-state index contributed by atoms with van der Waals surface area (Å²) in [6.45, 7) is 2.67. The SMILES string of the molecule is CC(=O)OCCc1ccc(CCOC(C)=O)c(S(=O)(=O)O)c1. The van der Waals surface area contributed by atoms with E-state index in [4.69, 9.17) is 9.47 Å². The lowest BCUT2D eigenvalue weighted by Crippen LogP contribution is -2.10. The highest BCUT2D eigenvalue weighted by Gasteiger charge is 2.16. The molecule has 0 bridgehead atoms. The lowest BCUT2D eigenvalue weighted by molar-refractivity contribution is -0.141. The zero-order valence-electron chi connectivity index (χ0n) is 12.4. The Kier molecular flexibility index (Phi) is 6.51. The molecule has 1 rings (SSSR count). The van der Waals surface area contributed by atoms with E-state index in [2.05, 4.69) is 0 Å². The zero-order chi connectivity index (χ0) is 16.8. The first-order valence-electron chi connectivity index (χ1n) is 6.56. The monoisotopic (exact) mass is 330 g/mol. The molecule has 0 heterocycles. The normalized spacial score (nSPS) is 11.0. The first-order chi connectivity index (χ1) is 10.2. The van der Waals surface area contributed by atoms with E-state index in [1.54, 1.807) is 6.07 Å². The largest absolute Gasteiger partial charge is 0.466 e. The van der Waals surface area contributed by atoms with Crippen molar-refractivity contribution >= 4 is 22.1 Å². The van der Waals surface area contributed by atoms with Crippen LogP contribution in [0.2, 0.25) is 0 Å². The van der Waals surface area contributed by atoms with Crippen molar-refractivity contribution in [1.82, 2.24) is 0 Å². The second-order valence-corrected chi connectivity index (χ2v) is 5.99. The Hall–Kier alpha value is -1.93. The van der Waals surface area contributed by atoms with Gasteiger partial charge in [-0.1, -0.05) is 12.1 Å². The summed E-state index contributed by atoms with van der Waals surface area (Å²) in [6.07, 6.45) is 0.491. The van der Waals surface area contributed by atoms with Gasteiger partial charge in [-0.25, -0.2) is 0 Å². The molecule has 1 N–H and O–H groups in total. The van der Waals surface area contributed by atoms with Crippen molar-refractivity contribution in [2.24, 2.45) is 0 Å². The quantitative estimate of drug-likeness (QED) is 0.590. The van der Waals surface area contributed by atoms with Crippen molar-refractivity contribution in [1.29, 1.82) is 0 Å². The molecule has 122 valence electrons. The second-order valence-electron chi connectivity index (χ2n) is 4.60. The van der Waals surface area contributed by atoms with E-state index >= 15 is 0 Å². The number of carbonyl (C=O) groups is 2. The van der Waals surface area contributed by atoms with Crippen molar-refractivity contribution < 1.29 is 32.0 Å². The van der Waals surface area contributed by atoms with Crippen LogP contribution in [0.1, 0.15) is 25.0 Å². The summed E-state index contributed by atoms with van der Waals surface area (Å²) < 4.78 is 41.7. The first-order valence-corrected chi connectivity index (χ1v) is 8.00. The van der Waals surface area contributed by atoms with E-state index < -0.39 is 22.1 Å². The van der Waals surface area contributed by atoms with Gasteiger partial charge in [0, 0.05) is 26.7 Å². The van der Waals surface area contributed by atoms with Crippen LogP contribution in [0.3, 0.4) is 0 Å². The van der Waals surface area contributed by atoms with Crippen molar-refractivity contribution in [3.63, 3.8) is 0 Å². The fourth-order valence-corrected chi connectivity index (χ4v) is 2.62. The van der Waals surface area contributed by atoms with Gasteiger partial charge in [-0.05, 0) is 17.2 Å². The van der Waals surface area contributed by atoms with Crippen LogP contribution in [-0.4, -0.2) is 38.1 Å². The highest BCUT2D eigenvalue weighted by molar-refractivity contribution is 7.85. The average Bonchev–Trinajstić information content (AvgIpc) is 2.38. The number of benzene rings is 1. The number of rotatable bonds is 7. The Bertz CT molecular complexity index is 649. The third kappa shape index (κ3) is 6.23. The van der Waals surface area contributed by atoms with Crippen molar-refractivity contribution in [3.8, 4) is 0 Å². The van der Waals surface area contributed by atoms with E-state index in [1.807, 2.05) is 0 Å². The summed E-state index contributed by atoms with van der Waals surface area (Å²) in [7, 11) is -4.40. The third-order valence-electron chi connectivity index (χ3n) is 2.78. The molecule has 0 aliphatic rings. The van der Waals surface area contributed by atoms with Crippen LogP contribution < -0.4 is 0 Å². The highest BCUT2D eigenvalue weighted by Crippen LogP contribution is 2.19. The molecule has 0 radical (unpaired) electrons. The Morgan fingerprint density at radius 1 is 1.05 bits per heavy atom. The molecule has 22 heavy (non-hydrogen) atoms. The van der Waals surface area contributed by atoms with E-state index in [9.17, 15) is 22.6 Å². The minimum atomic E-state index is -4.40. The molecule has 0 saturated carbocycles. The summed E-state index contributed by atoms with van der Waals surface area (Å²) in [4.78, 5) is 21.2. The van der Waals surface area contributed by atoms with E-state index in [0.717, 1.165) is 0 Å². The van der Waals surface area contributed by atoms with Crippen LogP contribution in [0, 0.1) is 0 Å². The predicted molar refractivity (Wildman–Crippen MR) is 76.9 cm³/mol. The average molecular weight is 330 g/mol. The van der Waals surface area contributed by atoms with E-state index in [0.29, 0.717) is 17.5 Å². The van der Waals surface area contributed by atoms with Gasteiger partial charge in [-0.2, -0.15) is 8.42 Å². The molecule has 0 aliphatic carbocycles. The number of esters is 2. The summed E-state index contributed by atoms with van der Waals surface area (Å²) >= 11 is 0. The molecule has 0 fully saturated rings. The van der Waals surface area contributed by atoms with Crippen LogP contribution in [0.25, 0.3) is 0 Å². The van der Waals surface area contributed by atoms with Gasteiger partial charge in [0.25, 0.3) is 10.1 Å². The van der Waals surface area contributed by atoms with Gasteiger partial charge in [-0.3, -0.25) is 14.1 Å². The van der Waals surface area contributed by atoms with Gasteiger partial charge in [0.05, 0.1) is 18.1 Å². The first kappa shape index (κ1) is 18.1.